The summed E-state index contributed by atoms with van der Waals surface area (Å²) in [6.07, 6.45) is 1.37. The molecule has 5 heteroatoms. The molecule has 0 atom stereocenters. The molecule has 0 N–H and O–H groups in total. The Balaban J connectivity index is 3.07. The van der Waals surface area contributed by atoms with Crippen LogP contribution >= 0.6 is 0 Å². The van der Waals surface area contributed by atoms with Crippen molar-refractivity contribution in [1.82, 2.24) is 5.16 Å². The first-order valence-corrected chi connectivity index (χ1v) is 2.31. The Hall–Kier alpha value is -1.48. The summed E-state index contributed by atoms with van der Waals surface area (Å²) in [5.74, 6) is 0.535. The Labute approximate surface area is 50.9 Å². The van der Waals surface area contributed by atoms with E-state index in [-0.39, 0.29) is 0 Å². The van der Waals surface area contributed by atoms with Gasteiger partial charge >= 0.3 is 0 Å². The number of rotatable bonds is 1. The lowest BCUT2D eigenvalue weighted by atomic mass is 10.4. The molecule has 0 bridgehead atoms. The van der Waals surface area contributed by atoms with Crippen molar-refractivity contribution in [1.29, 1.82) is 0 Å². The largest absolute Gasteiger partial charge is 0.361 e. The summed E-state index contributed by atoms with van der Waals surface area (Å²) in [5.41, 5.74) is 8.39. The van der Waals surface area contributed by atoms with E-state index in [1.165, 1.54) is 6.20 Å². The van der Waals surface area contributed by atoms with Crippen LogP contribution in [0, 0.1) is 6.92 Å². The second-order valence-electron chi connectivity index (χ2n) is 1.46. The van der Waals surface area contributed by atoms with Crippen molar-refractivity contribution >= 4 is 5.69 Å². The highest BCUT2D eigenvalue weighted by Gasteiger charge is 1.96. The van der Waals surface area contributed by atoms with Gasteiger partial charge in [-0.2, -0.15) is 0 Å². The van der Waals surface area contributed by atoms with Gasteiger partial charge in [0.1, 0.15) is 5.76 Å². The van der Waals surface area contributed by atoms with Gasteiger partial charge in [0.25, 0.3) is 0 Å². The second kappa shape index (κ2) is 2.19. The number of aromatic nitrogens is 1. The predicted molar refractivity (Wildman–Crippen MR) is 30.0 cm³/mol. The fourth-order valence-corrected chi connectivity index (χ4v) is 0.437. The van der Waals surface area contributed by atoms with Crippen LogP contribution in [0.25, 0.3) is 10.4 Å². The summed E-state index contributed by atoms with van der Waals surface area (Å²) in [5, 5.41) is 6.69. The zero-order chi connectivity index (χ0) is 6.69. The number of nitrogens with zero attached hydrogens (tertiary/aromatic N) is 4. The van der Waals surface area contributed by atoms with Crippen LogP contribution in [-0.4, -0.2) is 5.16 Å². The maximum absolute atomic E-state index is 7.95. The molecular formula is C4H4N4O. The van der Waals surface area contributed by atoms with Crippen LogP contribution in [0.4, 0.5) is 5.69 Å². The number of azide groups is 1. The Bertz CT molecular complexity index is 247. The zero-order valence-corrected chi connectivity index (χ0v) is 4.77. The SMILES string of the molecule is Cc1oncc1N=[N+]=[N-]. The van der Waals surface area contributed by atoms with Crippen LogP contribution in [0.1, 0.15) is 5.76 Å². The normalized spacial score (nSPS) is 8.56. The molecule has 0 unspecified atom stereocenters. The maximum Gasteiger partial charge on any atom is 0.143 e. The van der Waals surface area contributed by atoms with Crippen molar-refractivity contribution < 1.29 is 4.52 Å². The van der Waals surface area contributed by atoms with Crippen LogP contribution in [-0.2, 0) is 0 Å². The van der Waals surface area contributed by atoms with Crippen molar-refractivity contribution in [2.24, 2.45) is 5.11 Å². The summed E-state index contributed by atoms with van der Waals surface area (Å²) < 4.78 is 4.60. The van der Waals surface area contributed by atoms with Gasteiger partial charge in [-0.15, -0.1) is 0 Å². The Morgan fingerprint density at radius 1 is 1.89 bits per heavy atom. The van der Waals surface area contributed by atoms with E-state index in [9.17, 15) is 0 Å². The highest BCUT2D eigenvalue weighted by molar-refractivity contribution is 5.35. The first kappa shape index (κ1) is 5.65. The van der Waals surface area contributed by atoms with Crippen molar-refractivity contribution in [3.05, 3.63) is 22.4 Å². The molecule has 0 aliphatic carbocycles. The average Bonchev–Trinajstić information content (AvgIpc) is 2.18. The Kier molecular flexibility index (Phi) is 1.38. The molecule has 0 aliphatic rings. The third kappa shape index (κ3) is 1.00. The summed E-state index contributed by atoms with van der Waals surface area (Å²) in [6, 6.07) is 0. The third-order valence-electron chi connectivity index (χ3n) is 0.878. The lowest BCUT2D eigenvalue weighted by Crippen LogP contribution is -1.57. The van der Waals surface area contributed by atoms with E-state index in [1.54, 1.807) is 6.92 Å². The lowest BCUT2D eigenvalue weighted by molar-refractivity contribution is 0.398. The number of hydrogen-bond donors (Lipinski definition) is 0. The van der Waals surface area contributed by atoms with E-state index in [0.29, 0.717) is 11.4 Å². The van der Waals surface area contributed by atoms with Crippen LogP contribution in [0.5, 0.6) is 0 Å². The zero-order valence-electron chi connectivity index (χ0n) is 4.77. The molecule has 0 saturated heterocycles. The molecule has 0 amide bonds. The molecule has 1 aromatic rings. The van der Waals surface area contributed by atoms with E-state index >= 15 is 0 Å². The van der Waals surface area contributed by atoms with Crippen LogP contribution in [0.3, 0.4) is 0 Å². The standard InChI is InChI=1S/C4H4N4O/c1-3-4(7-8-5)2-6-9-3/h2H,1H3. The van der Waals surface area contributed by atoms with Gasteiger partial charge in [-0.05, 0) is 12.5 Å². The van der Waals surface area contributed by atoms with Crippen LogP contribution in [0.2, 0.25) is 0 Å². The first-order chi connectivity index (χ1) is 4.34. The molecule has 5 nitrogen and oxygen atoms in total. The van der Waals surface area contributed by atoms with E-state index in [4.69, 9.17) is 5.53 Å². The van der Waals surface area contributed by atoms with Gasteiger partial charge in [0.05, 0.1) is 11.9 Å². The Morgan fingerprint density at radius 3 is 3.11 bits per heavy atom. The Morgan fingerprint density at radius 2 is 2.67 bits per heavy atom. The molecule has 9 heavy (non-hydrogen) atoms. The summed E-state index contributed by atoms with van der Waals surface area (Å²) in [7, 11) is 0. The lowest BCUT2D eigenvalue weighted by Gasteiger charge is -1.77. The molecule has 1 aromatic heterocycles. The fourth-order valence-electron chi connectivity index (χ4n) is 0.437. The van der Waals surface area contributed by atoms with Gasteiger partial charge in [-0.3, -0.25) is 0 Å². The van der Waals surface area contributed by atoms with Gasteiger partial charge in [0.15, 0.2) is 0 Å². The molecule has 0 spiro atoms. The van der Waals surface area contributed by atoms with Crippen LogP contribution < -0.4 is 0 Å². The molecule has 0 fully saturated rings. The quantitative estimate of drug-likeness (QED) is 0.326. The summed E-state index contributed by atoms with van der Waals surface area (Å²) in [4.78, 5) is 2.56. The first-order valence-electron chi connectivity index (χ1n) is 2.31. The van der Waals surface area contributed by atoms with Gasteiger partial charge in [-0.25, -0.2) is 0 Å². The van der Waals surface area contributed by atoms with E-state index in [0.717, 1.165) is 0 Å². The van der Waals surface area contributed by atoms with Gasteiger partial charge in [-0.1, -0.05) is 10.3 Å². The van der Waals surface area contributed by atoms with Gasteiger partial charge in [0, 0.05) is 4.91 Å². The minimum atomic E-state index is 0.442. The highest BCUT2D eigenvalue weighted by atomic mass is 16.5. The van der Waals surface area contributed by atoms with Gasteiger partial charge < -0.3 is 4.52 Å². The fraction of sp³-hybridized carbons (Fsp3) is 0.250. The van der Waals surface area contributed by atoms with Crippen molar-refractivity contribution in [3.63, 3.8) is 0 Å². The van der Waals surface area contributed by atoms with Crippen molar-refractivity contribution in [2.45, 2.75) is 6.92 Å². The van der Waals surface area contributed by atoms with Gasteiger partial charge in [0.2, 0.25) is 0 Å². The van der Waals surface area contributed by atoms with E-state index in [1.807, 2.05) is 0 Å². The molecule has 0 aliphatic heterocycles. The second-order valence-corrected chi connectivity index (χ2v) is 1.46. The van der Waals surface area contributed by atoms with Crippen molar-refractivity contribution in [2.75, 3.05) is 0 Å². The average molecular weight is 124 g/mol. The minimum Gasteiger partial charge on any atom is -0.361 e. The molecular weight excluding hydrogens is 120 g/mol. The molecule has 1 rings (SSSR count). The van der Waals surface area contributed by atoms with E-state index in [2.05, 4.69) is 19.7 Å². The number of hydrogen-bond acceptors (Lipinski definition) is 3. The smallest absolute Gasteiger partial charge is 0.143 e. The van der Waals surface area contributed by atoms with Crippen molar-refractivity contribution in [3.8, 4) is 0 Å². The summed E-state index contributed by atoms with van der Waals surface area (Å²) >= 11 is 0. The number of aryl methyl sites for hydroxylation is 1. The van der Waals surface area contributed by atoms with Crippen LogP contribution in [0.15, 0.2) is 15.8 Å². The minimum absolute atomic E-state index is 0.442. The molecule has 46 valence electrons. The maximum atomic E-state index is 7.95. The molecule has 1 heterocycles. The topological polar surface area (TPSA) is 74.8 Å². The molecule has 0 aromatic carbocycles. The predicted octanol–water partition coefficient (Wildman–Crippen LogP) is 1.92. The summed E-state index contributed by atoms with van der Waals surface area (Å²) in [6.45, 7) is 1.68. The highest BCUT2D eigenvalue weighted by Crippen LogP contribution is 2.15. The monoisotopic (exact) mass is 124 g/mol. The van der Waals surface area contributed by atoms with E-state index < -0.39 is 0 Å². The molecule has 0 radical (unpaired) electrons. The third-order valence-corrected chi connectivity index (χ3v) is 0.878. The molecule has 0 saturated carbocycles.